The van der Waals surface area contributed by atoms with Crippen molar-refractivity contribution in [1.82, 2.24) is 14.9 Å². The number of halogens is 1. The van der Waals surface area contributed by atoms with E-state index in [1.54, 1.807) is 12.0 Å². The molecule has 0 fully saturated rings. The summed E-state index contributed by atoms with van der Waals surface area (Å²) in [4.78, 5) is 21.6. The molecule has 0 radical (unpaired) electrons. The maximum absolute atomic E-state index is 12.2. The Morgan fingerprint density at radius 1 is 1.59 bits per heavy atom. The summed E-state index contributed by atoms with van der Waals surface area (Å²) in [5.41, 5.74) is 0.252. The molecule has 0 saturated heterocycles. The van der Waals surface area contributed by atoms with Crippen LogP contribution in [0.5, 0.6) is 0 Å². The lowest BCUT2D eigenvalue weighted by Gasteiger charge is -2.27. The minimum atomic E-state index is -0.188. The number of ether oxygens (including phenoxy) is 1. The summed E-state index contributed by atoms with van der Waals surface area (Å²) in [5, 5.41) is 0.214. The first-order chi connectivity index (χ1) is 8.10. The molecule has 0 aliphatic carbocycles. The molecule has 1 aromatic rings. The van der Waals surface area contributed by atoms with Gasteiger partial charge in [-0.15, -0.1) is 0 Å². The normalized spacial score (nSPS) is 12.2. The molecule has 0 spiro atoms. The van der Waals surface area contributed by atoms with Gasteiger partial charge in [0.1, 0.15) is 10.8 Å². The number of carbonyl (C=O) groups excluding carboxylic acids is 1. The molecular formula is C11H16ClN3O2. The van der Waals surface area contributed by atoms with Crippen molar-refractivity contribution in [3.05, 3.63) is 23.2 Å². The molecule has 0 saturated carbocycles. The fourth-order valence-electron chi connectivity index (χ4n) is 1.58. The first-order valence-corrected chi connectivity index (χ1v) is 5.75. The number of hydrogen-bond donors (Lipinski definition) is 0. The average molecular weight is 258 g/mol. The van der Waals surface area contributed by atoms with Crippen molar-refractivity contribution < 1.29 is 9.53 Å². The molecule has 0 N–H and O–H groups in total. The van der Waals surface area contributed by atoms with Crippen molar-refractivity contribution in [3.63, 3.8) is 0 Å². The summed E-state index contributed by atoms with van der Waals surface area (Å²) in [6.07, 6.45) is 2.81. The summed E-state index contributed by atoms with van der Waals surface area (Å²) in [5.74, 6) is -0.188. The zero-order valence-electron chi connectivity index (χ0n) is 10.2. The molecule has 94 valence electrons. The molecule has 0 aromatic carbocycles. The van der Waals surface area contributed by atoms with Gasteiger partial charge in [-0.1, -0.05) is 11.6 Å². The summed E-state index contributed by atoms with van der Waals surface area (Å²) >= 11 is 5.71. The highest BCUT2D eigenvalue weighted by Crippen LogP contribution is 2.08. The molecule has 1 aromatic heterocycles. The Balaban J connectivity index is 2.86. The molecule has 1 heterocycles. The number of amides is 1. The summed E-state index contributed by atoms with van der Waals surface area (Å²) in [7, 11) is 1.61. The van der Waals surface area contributed by atoms with Gasteiger partial charge in [0.2, 0.25) is 0 Å². The van der Waals surface area contributed by atoms with Crippen LogP contribution in [0.2, 0.25) is 5.15 Å². The highest BCUT2D eigenvalue weighted by atomic mass is 35.5. The lowest BCUT2D eigenvalue weighted by Crippen LogP contribution is -2.41. The topological polar surface area (TPSA) is 55.3 Å². The predicted molar refractivity (Wildman–Crippen MR) is 65.1 cm³/mol. The first-order valence-electron chi connectivity index (χ1n) is 5.37. The summed E-state index contributed by atoms with van der Waals surface area (Å²) in [6.45, 7) is 4.88. The van der Waals surface area contributed by atoms with E-state index >= 15 is 0 Å². The third-order valence-electron chi connectivity index (χ3n) is 2.37. The Labute approximate surface area is 106 Å². The van der Waals surface area contributed by atoms with Crippen molar-refractivity contribution >= 4 is 17.5 Å². The largest absolute Gasteiger partial charge is 0.383 e. The van der Waals surface area contributed by atoms with Crippen LogP contribution in [-0.2, 0) is 4.74 Å². The Morgan fingerprint density at radius 3 is 2.82 bits per heavy atom. The molecule has 17 heavy (non-hydrogen) atoms. The zero-order chi connectivity index (χ0) is 12.8. The molecule has 1 atom stereocenters. The molecule has 1 unspecified atom stereocenters. The Bertz CT molecular complexity index is 387. The van der Waals surface area contributed by atoms with Crippen LogP contribution in [0.25, 0.3) is 0 Å². The van der Waals surface area contributed by atoms with E-state index in [9.17, 15) is 4.79 Å². The molecule has 0 aliphatic rings. The van der Waals surface area contributed by atoms with E-state index in [1.807, 2.05) is 13.8 Å². The molecule has 1 rings (SSSR count). The van der Waals surface area contributed by atoms with Gasteiger partial charge in [-0.25, -0.2) is 4.98 Å². The minimum Gasteiger partial charge on any atom is -0.383 e. The lowest BCUT2D eigenvalue weighted by atomic mass is 10.2. The fraction of sp³-hybridized carbons (Fsp3) is 0.545. The van der Waals surface area contributed by atoms with Gasteiger partial charge in [-0.3, -0.25) is 9.78 Å². The van der Waals surface area contributed by atoms with E-state index in [-0.39, 0.29) is 22.8 Å². The number of methoxy groups -OCH3 is 1. The van der Waals surface area contributed by atoms with Gasteiger partial charge < -0.3 is 9.64 Å². The van der Waals surface area contributed by atoms with Crippen molar-refractivity contribution in [3.8, 4) is 0 Å². The van der Waals surface area contributed by atoms with Crippen molar-refractivity contribution in [2.45, 2.75) is 19.9 Å². The Kier molecular flexibility index (Phi) is 5.31. The fourth-order valence-corrected chi connectivity index (χ4v) is 1.73. The van der Waals surface area contributed by atoms with Crippen molar-refractivity contribution in [2.75, 3.05) is 20.3 Å². The second-order valence-corrected chi connectivity index (χ2v) is 4.01. The lowest BCUT2D eigenvalue weighted by molar-refractivity contribution is 0.0573. The SMILES string of the molecule is CCN(C(=O)c1cncc(Cl)n1)C(C)COC. The first kappa shape index (κ1) is 13.9. The quantitative estimate of drug-likeness (QED) is 0.805. The molecule has 1 amide bonds. The van der Waals surface area contributed by atoms with E-state index < -0.39 is 0 Å². The summed E-state index contributed by atoms with van der Waals surface area (Å²) in [6, 6.07) is -0.0155. The monoisotopic (exact) mass is 257 g/mol. The number of likely N-dealkylation sites (N-methyl/N-ethyl adjacent to an activating group) is 1. The number of nitrogens with zero attached hydrogens (tertiary/aromatic N) is 3. The maximum atomic E-state index is 12.2. The van der Waals surface area contributed by atoms with Crippen LogP contribution >= 0.6 is 11.6 Å². The minimum absolute atomic E-state index is 0.0155. The van der Waals surface area contributed by atoms with Crippen LogP contribution < -0.4 is 0 Å². The van der Waals surface area contributed by atoms with Crippen LogP contribution in [0.3, 0.4) is 0 Å². The van der Waals surface area contributed by atoms with Gasteiger partial charge in [0.15, 0.2) is 0 Å². The van der Waals surface area contributed by atoms with Crippen LogP contribution in [0, 0.1) is 0 Å². The standard InChI is InChI=1S/C11H16ClN3O2/c1-4-15(8(2)7-17-3)11(16)9-5-13-6-10(12)14-9/h5-6,8H,4,7H2,1-3H3. The number of hydrogen-bond acceptors (Lipinski definition) is 4. The predicted octanol–water partition coefficient (Wildman–Crippen LogP) is 1.63. The molecule has 0 aliphatic heterocycles. The Morgan fingerprint density at radius 2 is 2.29 bits per heavy atom. The van der Waals surface area contributed by atoms with Crippen LogP contribution in [0.1, 0.15) is 24.3 Å². The van der Waals surface area contributed by atoms with Crippen LogP contribution in [0.4, 0.5) is 0 Å². The van der Waals surface area contributed by atoms with Gasteiger partial charge in [-0.2, -0.15) is 0 Å². The third-order valence-corrected chi connectivity index (χ3v) is 2.55. The van der Waals surface area contributed by atoms with E-state index in [1.165, 1.54) is 12.4 Å². The van der Waals surface area contributed by atoms with E-state index in [0.717, 1.165) is 0 Å². The molecular weight excluding hydrogens is 242 g/mol. The Hall–Kier alpha value is -1.20. The zero-order valence-corrected chi connectivity index (χ0v) is 10.9. The van der Waals surface area contributed by atoms with Gasteiger partial charge in [-0.05, 0) is 13.8 Å². The number of carbonyl (C=O) groups is 1. The van der Waals surface area contributed by atoms with Gasteiger partial charge in [0.05, 0.1) is 25.0 Å². The van der Waals surface area contributed by atoms with Crippen LogP contribution in [0.15, 0.2) is 12.4 Å². The van der Waals surface area contributed by atoms with Crippen molar-refractivity contribution in [1.29, 1.82) is 0 Å². The van der Waals surface area contributed by atoms with Crippen molar-refractivity contribution in [2.24, 2.45) is 0 Å². The molecule has 5 nitrogen and oxygen atoms in total. The van der Waals surface area contributed by atoms with Gasteiger partial charge in [0, 0.05) is 13.7 Å². The van der Waals surface area contributed by atoms with E-state index in [2.05, 4.69) is 9.97 Å². The molecule has 6 heteroatoms. The highest BCUT2D eigenvalue weighted by molar-refractivity contribution is 6.29. The molecule has 0 bridgehead atoms. The van der Waals surface area contributed by atoms with Gasteiger partial charge in [0.25, 0.3) is 5.91 Å². The summed E-state index contributed by atoms with van der Waals surface area (Å²) < 4.78 is 5.04. The van der Waals surface area contributed by atoms with Gasteiger partial charge >= 0.3 is 0 Å². The third kappa shape index (κ3) is 3.64. The second-order valence-electron chi connectivity index (χ2n) is 3.62. The number of aromatic nitrogens is 2. The van der Waals surface area contributed by atoms with Crippen LogP contribution in [-0.4, -0.2) is 47.1 Å². The second kappa shape index (κ2) is 6.51. The van der Waals surface area contributed by atoms with E-state index in [4.69, 9.17) is 16.3 Å². The highest BCUT2D eigenvalue weighted by Gasteiger charge is 2.21. The average Bonchev–Trinajstić information content (AvgIpc) is 2.30. The maximum Gasteiger partial charge on any atom is 0.274 e. The smallest absolute Gasteiger partial charge is 0.274 e. The number of rotatable bonds is 5. The van der Waals surface area contributed by atoms with E-state index in [0.29, 0.717) is 13.2 Å².